The van der Waals surface area contributed by atoms with E-state index < -0.39 is 48.8 Å². The molecule has 0 N–H and O–H groups in total. The van der Waals surface area contributed by atoms with Gasteiger partial charge in [0.2, 0.25) is 0 Å². The lowest BCUT2D eigenvalue weighted by Crippen LogP contribution is -2.17. The molecule has 4 aromatic rings. The molecule has 4 rings (SSSR count). The molecular formula is C28H22F6O3S2. The molecule has 3 nitrogen and oxygen atoms in total. The van der Waals surface area contributed by atoms with E-state index in [0.29, 0.717) is 14.7 Å². The third kappa shape index (κ3) is 6.00. The molecule has 0 aromatic heterocycles. The maximum absolute atomic E-state index is 13.7. The molecule has 0 aliphatic rings. The Bertz CT molecular complexity index is 1490. The zero-order valence-corrected chi connectivity index (χ0v) is 22.2. The zero-order chi connectivity index (χ0) is 28.6. The van der Waals surface area contributed by atoms with Crippen molar-refractivity contribution < 1.29 is 38.4 Å². The first-order valence-corrected chi connectivity index (χ1v) is 14.4. The Morgan fingerprint density at radius 3 is 1.31 bits per heavy atom. The fourth-order valence-corrected chi connectivity index (χ4v) is 9.11. The summed E-state index contributed by atoms with van der Waals surface area (Å²) >= 11 is 0. The van der Waals surface area contributed by atoms with Crippen molar-refractivity contribution >= 4 is 20.4 Å². The lowest BCUT2D eigenvalue weighted by molar-refractivity contribution is -0.143. The van der Waals surface area contributed by atoms with Crippen molar-refractivity contribution in [3.63, 3.8) is 0 Å². The van der Waals surface area contributed by atoms with Gasteiger partial charge >= 0.3 is 22.5 Å². The third-order valence-electron chi connectivity index (χ3n) is 5.82. The van der Waals surface area contributed by atoms with Crippen molar-refractivity contribution in [2.24, 2.45) is 0 Å². The van der Waals surface area contributed by atoms with Crippen molar-refractivity contribution in [2.75, 3.05) is 0 Å². The lowest BCUT2D eigenvalue weighted by Gasteiger charge is -2.39. The summed E-state index contributed by atoms with van der Waals surface area (Å²) in [5.74, 6) is 0. The van der Waals surface area contributed by atoms with Gasteiger partial charge in [-0.1, -0.05) is 53.6 Å². The summed E-state index contributed by atoms with van der Waals surface area (Å²) in [4.78, 5) is -0.106. The number of alkyl halides is 6. The quantitative estimate of drug-likeness (QED) is 0.213. The Morgan fingerprint density at radius 2 is 0.923 bits per heavy atom. The normalized spacial score (nSPS) is 13.3. The first-order chi connectivity index (χ1) is 18.1. The second-order valence-electron chi connectivity index (χ2n) is 8.76. The van der Waals surface area contributed by atoms with E-state index >= 15 is 0 Å². The number of hydrogen-bond donors (Lipinski definition) is 0. The van der Waals surface area contributed by atoms with E-state index in [9.17, 15) is 34.8 Å². The van der Waals surface area contributed by atoms with Crippen molar-refractivity contribution in [3.05, 3.63) is 119 Å². The molecule has 0 heterocycles. The molecule has 0 amide bonds. The number of hydrogen-bond acceptors (Lipinski definition) is 3. The minimum atomic E-state index is -5.23. The van der Waals surface area contributed by atoms with Crippen LogP contribution in [0.2, 0.25) is 0 Å². The van der Waals surface area contributed by atoms with E-state index in [2.05, 4.69) is 0 Å². The van der Waals surface area contributed by atoms with Crippen molar-refractivity contribution in [3.8, 4) is 0 Å². The van der Waals surface area contributed by atoms with Gasteiger partial charge in [0, 0.05) is 14.7 Å². The Morgan fingerprint density at radius 1 is 0.538 bits per heavy atom. The van der Waals surface area contributed by atoms with Gasteiger partial charge in [-0.25, -0.2) is 3.63 Å². The Kier molecular flexibility index (Phi) is 7.63. The molecule has 11 heteroatoms. The van der Waals surface area contributed by atoms with Gasteiger partial charge < -0.3 is 0 Å². The molecule has 4 aromatic carbocycles. The highest BCUT2D eigenvalue weighted by Crippen LogP contribution is 2.70. The highest BCUT2D eigenvalue weighted by molar-refractivity contribution is 8.33. The Hall–Kier alpha value is -3.28. The number of halogens is 6. The summed E-state index contributed by atoms with van der Waals surface area (Å²) < 4.78 is 115. The van der Waals surface area contributed by atoms with Crippen LogP contribution in [-0.4, -0.2) is 8.42 Å². The standard InChI is InChI=1S/C28H22F6O3S2/c1-19-8-12-24(13-9-19)38(23-6-4-3-5-7-23,25-14-10-20(2)11-15-25)37-39(35,36)26-17-21(27(29,30)31)16-22(18-26)28(32,33)34/h3-18H,1-2H3. The monoisotopic (exact) mass is 584 g/mol. The van der Waals surface area contributed by atoms with E-state index in [-0.39, 0.29) is 18.2 Å². The molecule has 39 heavy (non-hydrogen) atoms. The van der Waals surface area contributed by atoms with Gasteiger partial charge in [0.15, 0.2) is 0 Å². The van der Waals surface area contributed by atoms with E-state index in [4.69, 9.17) is 3.63 Å². The van der Waals surface area contributed by atoms with Crippen molar-refractivity contribution in [1.29, 1.82) is 0 Å². The zero-order valence-electron chi connectivity index (χ0n) is 20.5. The highest BCUT2D eigenvalue weighted by Gasteiger charge is 2.42. The molecular weight excluding hydrogens is 562 g/mol. The van der Waals surface area contributed by atoms with Gasteiger partial charge in [-0.05, 0) is 78.8 Å². The minimum Gasteiger partial charge on any atom is -0.203 e. The van der Waals surface area contributed by atoms with Crippen LogP contribution in [0.15, 0.2) is 117 Å². The second kappa shape index (κ2) is 10.4. The molecule has 0 spiro atoms. The summed E-state index contributed by atoms with van der Waals surface area (Å²) in [7, 11) is -8.43. The number of rotatable bonds is 6. The molecule has 0 aliphatic heterocycles. The topological polar surface area (TPSA) is 43.4 Å². The molecule has 0 saturated carbocycles. The van der Waals surface area contributed by atoms with Crippen LogP contribution in [0.3, 0.4) is 0 Å². The summed E-state index contributed by atoms with van der Waals surface area (Å²) in [6.07, 6.45) is -10.5. The summed E-state index contributed by atoms with van der Waals surface area (Å²) in [5.41, 5.74) is -1.82. The maximum atomic E-state index is 13.7. The van der Waals surface area contributed by atoms with E-state index in [0.717, 1.165) is 11.1 Å². The Labute approximate surface area is 223 Å². The fraction of sp³-hybridized carbons (Fsp3) is 0.143. The van der Waals surface area contributed by atoms with Crippen LogP contribution in [-0.2, 0) is 26.1 Å². The van der Waals surface area contributed by atoms with Crippen LogP contribution in [0, 0.1) is 13.8 Å². The summed E-state index contributed by atoms with van der Waals surface area (Å²) in [5, 5.41) is 0. The number of benzene rings is 4. The van der Waals surface area contributed by atoms with Gasteiger partial charge in [0.05, 0.1) is 16.0 Å². The molecule has 0 fully saturated rings. The average molecular weight is 585 g/mol. The molecule has 0 atom stereocenters. The lowest BCUT2D eigenvalue weighted by atomic mass is 10.1. The van der Waals surface area contributed by atoms with E-state index in [1.165, 1.54) is 0 Å². The van der Waals surface area contributed by atoms with Crippen LogP contribution in [0.5, 0.6) is 0 Å². The van der Waals surface area contributed by atoms with Gasteiger partial charge in [0.1, 0.15) is 0 Å². The summed E-state index contributed by atoms with van der Waals surface area (Å²) in [6.45, 7) is 3.63. The SMILES string of the molecule is Cc1ccc(S(OS(=O)(=O)c2cc(C(F)(F)F)cc(C(F)(F)F)c2)(c2ccccc2)c2ccc(C)cc2)cc1. The highest BCUT2D eigenvalue weighted by atomic mass is 32.3. The largest absolute Gasteiger partial charge is 0.416 e. The van der Waals surface area contributed by atoms with E-state index in [1.54, 1.807) is 78.9 Å². The van der Waals surface area contributed by atoms with Crippen LogP contribution in [0.1, 0.15) is 22.3 Å². The maximum Gasteiger partial charge on any atom is 0.416 e. The van der Waals surface area contributed by atoms with Gasteiger partial charge in [-0.3, -0.25) is 0 Å². The van der Waals surface area contributed by atoms with Crippen LogP contribution < -0.4 is 0 Å². The van der Waals surface area contributed by atoms with Crippen molar-refractivity contribution in [2.45, 2.75) is 45.8 Å². The second-order valence-corrected chi connectivity index (χ2v) is 13.2. The van der Waals surface area contributed by atoms with Crippen LogP contribution >= 0.6 is 10.3 Å². The average Bonchev–Trinajstić information content (AvgIpc) is 2.87. The predicted octanol–water partition coefficient (Wildman–Crippen LogP) is 8.94. The molecule has 0 unspecified atom stereocenters. The van der Waals surface area contributed by atoms with Crippen LogP contribution in [0.4, 0.5) is 26.3 Å². The van der Waals surface area contributed by atoms with Gasteiger partial charge in [-0.15, -0.1) is 0 Å². The molecule has 0 aliphatic carbocycles. The molecule has 0 radical (unpaired) electrons. The first kappa shape index (κ1) is 28.7. The fourth-order valence-electron chi connectivity index (χ4n) is 3.84. The smallest absolute Gasteiger partial charge is 0.203 e. The van der Waals surface area contributed by atoms with Gasteiger partial charge in [-0.2, -0.15) is 34.8 Å². The minimum absolute atomic E-state index is 0.129. The third-order valence-corrected chi connectivity index (χ3v) is 11.0. The van der Waals surface area contributed by atoms with Gasteiger partial charge in [0.25, 0.3) is 0 Å². The summed E-state index contributed by atoms with van der Waals surface area (Å²) in [6, 6.07) is 21.8. The first-order valence-electron chi connectivity index (χ1n) is 11.4. The number of aryl methyl sites for hydroxylation is 2. The Balaban J connectivity index is 2.03. The van der Waals surface area contributed by atoms with Crippen LogP contribution in [0.25, 0.3) is 0 Å². The molecule has 0 bridgehead atoms. The molecule has 0 saturated heterocycles. The predicted molar refractivity (Wildman–Crippen MR) is 136 cm³/mol. The molecule has 206 valence electrons. The van der Waals surface area contributed by atoms with E-state index in [1.807, 2.05) is 13.8 Å². The van der Waals surface area contributed by atoms with Crippen molar-refractivity contribution in [1.82, 2.24) is 0 Å².